The average Bonchev–Trinajstić information content (AvgIpc) is 2.51. The van der Waals surface area contributed by atoms with E-state index in [2.05, 4.69) is 43.6 Å². The van der Waals surface area contributed by atoms with Gasteiger partial charge in [-0.05, 0) is 64.3 Å². The second kappa shape index (κ2) is 5.59. The highest BCUT2D eigenvalue weighted by Crippen LogP contribution is 2.35. The third kappa shape index (κ3) is 3.15. The number of pyridine rings is 1. The molecule has 0 spiro atoms. The Kier molecular flexibility index (Phi) is 4.26. The molecule has 2 heterocycles. The van der Waals surface area contributed by atoms with Crippen LogP contribution in [0.1, 0.15) is 57.2 Å². The van der Waals surface area contributed by atoms with Crippen molar-refractivity contribution in [3.05, 3.63) is 29.6 Å². The zero-order valence-electron chi connectivity index (χ0n) is 12.7. The van der Waals surface area contributed by atoms with Crippen molar-refractivity contribution in [1.29, 1.82) is 0 Å². The monoisotopic (exact) mass is 261 g/mol. The fourth-order valence-corrected chi connectivity index (χ4v) is 3.13. The fourth-order valence-electron chi connectivity index (χ4n) is 3.13. The van der Waals surface area contributed by atoms with Crippen molar-refractivity contribution in [2.24, 2.45) is 5.73 Å². The van der Waals surface area contributed by atoms with Crippen molar-refractivity contribution in [2.75, 3.05) is 6.54 Å². The molecule has 0 aliphatic carbocycles. The predicted octanol–water partition coefficient (Wildman–Crippen LogP) is 3.04. The van der Waals surface area contributed by atoms with Crippen molar-refractivity contribution in [1.82, 2.24) is 9.88 Å². The lowest BCUT2D eigenvalue weighted by Crippen LogP contribution is -2.49. The minimum Gasteiger partial charge on any atom is -0.326 e. The van der Waals surface area contributed by atoms with Gasteiger partial charge in [-0.1, -0.05) is 6.42 Å². The maximum atomic E-state index is 6.50. The molecule has 3 nitrogen and oxygen atoms in total. The molecule has 1 saturated heterocycles. The van der Waals surface area contributed by atoms with Crippen LogP contribution in [0.25, 0.3) is 0 Å². The van der Waals surface area contributed by atoms with Crippen molar-refractivity contribution in [3.63, 3.8) is 0 Å². The first-order valence-corrected chi connectivity index (χ1v) is 7.34. The largest absolute Gasteiger partial charge is 0.326 e. The Morgan fingerprint density at radius 2 is 2.05 bits per heavy atom. The second-order valence-corrected chi connectivity index (χ2v) is 6.70. The van der Waals surface area contributed by atoms with Gasteiger partial charge in [0.1, 0.15) is 0 Å². The molecule has 1 aromatic rings. The van der Waals surface area contributed by atoms with Crippen LogP contribution in [0.2, 0.25) is 0 Å². The summed E-state index contributed by atoms with van der Waals surface area (Å²) in [6, 6.07) is 2.58. The summed E-state index contributed by atoms with van der Waals surface area (Å²) in [7, 11) is 0. The molecular weight excluding hydrogens is 234 g/mol. The van der Waals surface area contributed by atoms with E-state index in [0.717, 1.165) is 13.0 Å². The molecular formula is C16H27N3. The van der Waals surface area contributed by atoms with Crippen molar-refractivity contribution < 1.29 is 0 Å². The first kappa shape index (κ1) is 14.5. The molecule has 3 heteroatoms. The third-order valence-corrected chi connectivity index (χ3v) is 4.19. The minimum absolute atomic E-state index is 0.134. The molecule has 2 atom stereocenters. The van der Waals surface area contributed by atoms with Crippen LogP contribution in [0, 0.1) is 6.92 Å². The molecule has 19 heavy (non-hydrogen) atoms. The molecule has 1 aliphatic rings. The zero-order chi connectivity index (χ0) is 14.0. The molecule has 0 bridgehead atoms. The van der Waals surface area contributed by atoms with Gasteiger partial charge in [0.2, 0.25) is 0 Å². The number of rotatable bonds is 1. The van der Waals surface area contributed by atoms with Crippen LogP contribution in [0.4, 0.5) is 0 Å². The van der Waals surface area contributed by atoms with E-state index in [4.69, 9.17) is 5.73 Å². The maximum absolute atomic E-state index is 6.50. The van der Waals surface area contributed by atoms with Gasteiger partial charge < -0.3 is 5.73 Å². The Labute approximate surface area is 117 Å². The van der Waals surface area contributed by atoms with Crippen LogP contribution >= 0.6 is 0 Å². The zero-order valence-corrected chi connectivity index (χ0v) is 12.7. The molecule has 0 radical (unpaired) electrons. The van der Waals surface area contributed by atoms with E-state index in [-0.39, 0.29) is 17.6 Å². The standard InChI is InChI=1S/C16H27N3/c1-12-8-9-18-11-13(12)15-14(17)7-5-6-10-19(15)16(2,3)4/h8-9,11,14-15H,5-7,10,17H2,1-4H3. The van der Waals surface area contributed by atoms with E-state index >= 15 is 0 Å². The van der Waals surface area contributed by atoms with E-state index in [1.165, 1.54) is 24.0 Å². The van der Waals surface area contributed by atoms with Crippen LogP contribution in [-0.2, 0) is 0 Å². The predicted molar refractivity (Wildman–Crippen MR) is 80.0 cm³/mol. The number of hydrogen-bond donors (Lipinski definition) is 1. The molecule has 2 N–H and O–H groups in total. The quantitative estimate of drug-likeness (QED) is 0.845. The summed E-state index contributed by atoms with van der Waals surface area (Å²) in [6.45, 7) is 10.1. The molecule has 106 valence electrons. The molecule has 0 saturated carbocycles. The number of aromatic nitrogens is 1. The minimum atomic E-state index is 0.134. The molecule has 1 fully saturated rings. The number of aryl methyl sites for hydroxylation is 1. The van der Waals surface area contributed by atoms with Gasteiger partial charge in [0.05, 0.1) is 6.04 Å². The Balaban J connectivity index is 2.43. The molecule has 2 rings (SSSR count). The van der Waals surface area contributed by atoms with E-state index in [1.54, 1.807) is 0 Å². The highest BCUT2D eigenvalue weighted by atomic mass is 15.2. The van der Waals surface area contributed by atoms with Crippen LogP contribution in [-0.4, -0.2) is 28.0 Å². The number of likely N-dealkylation sites (tertiary alicyclic amines) is 1. The Hall–Kier alpha value is -0.930. The molecule has 1 aromatic heterocycles. The summed E-state index contributed by atoms with van der Waals surface area (Å²) in [6.07, 6.45) is 7.43. The normalized spacial score (nSPS) is 26.2. The van der Waals surface area contributed by atoms with Gasteiger partial charge in [-0.15, -0.1) is 0 Å². The van der Waals surface area contributed by atoms with Gasteiger partial charge in [0.15, 0.2) is 0 Å². The molecule has 2 unspecified atom stereocenters. The summed E-state index contributed by atoms with van der Waals surface area (Å²) in [5.74, 6) is 0. The SMILES string of the molecule is Cc1ccncc1C1C(N)CCCCN1C(C)(C)C. The first-order valence-electron chi connectivity index (χ1n) is 7.34. The van der Waals surface area contributed by atoms with Crippen molar-refractivity contribution >= 4 is 0 Å². The smallest absolute Gasteiger partial charge is 0.0522 e. The van der Waals surface area contributed by atoms with Crippen LogP contribution in [0.15, 0.2) is 18.5 Å². The van der Waals surface area contributed by atoms with Gasteiger partial charge in [-0.25, -0.2) is 0 Å². The Bertz CT molecular complexity index is 422. The molecule has 0 amide bonds. The van der Waals surface area contributed by atoms with E-state index < -0.39 is 0 Å². The third-order valence-electron chi connectivity index (χ3n) is 4.19. The summed E-state index contributed by atoms with van der Waals surface area (Å²) in [5, 5.41) is 0. The highest BCUT2D eigenvalue weighted by Gasteiger charge is 2.35. The van der Waals surface area contributed by atoms with Crippen molar-refractivity contribution in [3.8, 4) is 0 Å². The van der Waals surface area contributed by atoms with Crippen molar-refractivity contribution in [2.45, 2.75) is 64.6 Å². The number of nitrogens with zero attached hydrogens (tertiary/aromatic N) is 2. The van der Waals surface area contributed by atoms with E-state index in [9.17, 15) is 0 Å². The summed E-state index contributed by atoms with van der Waals surface area (Å²) >= 11 is 0. The van der Waals surface area contributed by atoms with Crippen LogP contribution in [0.3, 0.4) is 0 Å². The highest BCUT2D eigenvalue weighted by molar-refractivity contribution is 5.27. The average molecular weight is 261 g/mol. The maximum Gasteiger partial charge on any atom is 0.0522 e. The topological polar surface area (TPSA) is 42.1 Å². The first-order chi connectivity index (χ1) is 8.91. The molecule has 1 aliphatic heterocycles. The number of nitrogens with two attached hydrogens (primary N) is 1. The lowest BCUT2D eigenvalue weighted by molar-refractivity contribution is 0.0750. The Morgan fingerprint density at radius 1 is 1.32 bits per heavy atom. The second-order valence-electron chi connectivity index (χ2n) is 6.70. The fraction of sp³-hybridized carbons (Fsp3) is 0.688. The summed E-state index contributed by atoms with van der Waals surface area (Å²) in [4.78, 5) is 6.88. The van der Waals surface area contributed by atoms with E-state index in [1.807, 2.05) is 12.4 Å². The van der Waals surface area contributed by atoms with Gasteiger partial charge in [-0.2, -0.15) is 0 Å². The summed E-state index contributed by atoms with van der Waals surface area (Å²) in [5.41, 5.74) is 9.23. The van der Waals surface area contributed by atoms with Gasteiger partial charge in [0, 0.05) is 24.0 Å². The van der Waals surface area contributed by atoms with Gasteiger partial charge >= 0.3 is 0 Å². The Morgan fingerprint density at radius 3 is 2.68 bits per heavy atom. The van der Waals surface area contributed by atoms with E-state index in [0.29, 0.717) is 0 Å². The van der Waals surface area contributed by atoms with Crippen LogP contribution < -0.4 is 5.73 Å². The van der Waals surface area contributed by atoms with Crippen LogP contribution in [0.5, 0.6) is 0 Å². The number of hydrogen-bond acceptors (Lipinski definition) is 3. The van der Waals surface area contributed by atoms with Gasteiger partial charge in [0.25, 0.3) is 0 Å². The summed E-state index contributed by atoms with van der Waals surface area (Å²) < 4.78 is 0. The van der Waals surface area contributed by atoms with Gasteiger partial charge in [-0.3, -0.25) is 9.88 Å². The lowest BCUT2D eigenvalue weighted by atomic mass is 9.91. The molecule has 0 aromatic carbocycles. The lowest BCUT2D eigenvalue weighted by Gasteiger charge is -2.43.